The molecule has 5 heteroatoms. The molecule has 0 spiro atoms. The van der Waals surface area contributed by atoms with E-state index >= 15 is 0 Å². The lowest BCUT2D eigenvalue weighted by Crippen LogP contribution is -2.16. The van der Waals surface area contributed by atoms with Gasteiger partial charge in [-0.15, -0.1) is 11.3 Å². The van der Waals surface area contributed by atoms with Crippen molar-refractivity contribution in [3.63, 3.8) is 0 Å². The fourth-order valence-electron chi connectivity index (χ4n) is 1.67. The van der Waals surface area contributed by atoms with Crippen LogP contribution in [0.5, 0.6) is 0 Å². The fourth-order valence-corrected chi connectivity index (χ4v) is 3.64. The molecule has 0 bridgehead atoms. The highest BCUT2D eigenvalue weighted by Crippen LogP contribution is 2.34. The summed E-state index contributed by atoms with van der Waals surface area (Å²) in [6, 6.07) is 9.90. The monoisotopic (exact) mass is 349 g/mol. The van der Waals surface area contributed by atoms with Crippen LogP contribution in [-0.4, -0.2) is 7.05 Å². The Balaban J connectivity index is 2.42. The Labute approximate surface area is 123 Å². The zero-order chi connectivity index (χ0) is 12.4. The second-order valence-electron chi connectivity index (χ2n) is 3.53. The van der Waals surface area contributed by atoms with Gasteiger partial charge in [0.05, 0.1) is 10.4 Å². The summed E-state index contributed by atoms with van der Waals surface area (Å²) >= 11 is 17.2. The van der Waals surface area contributed by atoms with E-state index in [-0.39, 0.29) is 6.04 Å². The molecule has 0 saturated heterocycles. The molecule has 0 aliphatic rings. The van der Waals surface area contributed by atoms with Gasteiger partial charge in [0.1, 0.15) is 0 Å². The summed E-state index contributed by atoms with van der Waals surface area (Å²) in [7, 11) is 1.91. The van der Waals surface area contributed by atoms with E-state index in [2.05, 4.69) is 21.2 Å². The number of halogens is 3. The van der Waals surface area contributed by atoms with Crippen LogP contribution in [0.2, 0.25) is 9.36 Å². The van der Waals surface area contributed by atoms with Gasteiger partial charge in [-0.05, 0) is 36.9 Å². The molecule has 1 nitrogen and oxygen atoms in total. The average molecular weight is 351 g/mol. The van der Waals surface area contributed by atoms with Crippen molar-refractivity contribution < 1.29 is 0 Å². The minimum atomic E-state index is 0.0769. The molecule has 1 N–H and O–H groups in total. The fraction of sp³-hybridized carbons (Fsp3) is 0.167. The Morgan fingerprint density at radius 2 is 2.00 bits per heavy atom. The second kappa shape index (κ2) is 5.72. The van der Waals surface area contributed by atoms with Crippen molar-refractivity contribution in [1.82, 2.24) is 5.32 Å². The van der Waals surface area contributed by atoms with Crippen molar-refractivity contribution in [2.45, 2.75) is 6.04 Å². The largest absolute Gasteiger partial charge is 0.309 e. The minimum Gasteiger partial charge on any atom is -0.309 e. The lowest BCUT2D eigenvalue weighted by molar-refractivity contribution is 0.704. The quantitative estimate of drug-likeness (QED) is 0.809. The highest BCUT2D eigenvalue weighted by atomic mass is 79.9. The standard InChI is InChI=1S/C12H10BrCl2NS/c1-16-12(10-4-5-11(15)17-10)8-3-2-7(13)6-9(8)14/h2-6,12,16H,1H3. The van der Waals surface area contributed by atoms with E-state index in [1.165, 1.54) is 0 Å². The molecule has 0 fully saturated rings. The van der Waals surface area contributed by atoms with E-state index < -0.39 is 0 Å². The van der Waals surface area contributed by atoms with Crippen LogP contribution in [0.15, 0.2) is 34.8 Å². The van der Waals surface area contributed by atoms with Crippen molar-refractivity contribution in [3.8, 4) is 0 Å². The summed E-state index contributed by atoms with van der Waals surface area (Å²) in [6.45, 7) is 0. The molecule has 2 aromatic rings. The third-order valence-electron chi connectivity index (χ3n) is 2.44. The third-order valence-corrected chi connectivity index (χ3v) is 4.56. The number of hydrogen-bond acceptors (Lipinski definition) is 2. The number of rotatable bonds is 3. The molecule has 0 amide bonds. The molecule has 2 rings (SSSR count). The number of benzene rings is 1. The van der Waals surface area contributed by atoms with Crippen LogP contribution in [-0.2, 0) is 0 Å². The molecule has 1 aromatic carbocycles. The van der Waals surface area contributed by atoms with Crippen LogP contribution in [0, 0.1) is 0 Å². The topological polar surface area (TPSA) is 12.0 Å². The summed E-state index contributed by atoms with van der Waals surface area (Å²) in [5.41, 5.74) is 1.05. The van der Waals surface area contributed by atoms with Gasteiger partial charge in [-0.25, -0.2) is 0 Å². The molecule has 0 aliphatic heterocycles. The normalized spacial score (nSPS) is 12.7. The molecule has 0 saturated carbocycles. The summed E-state index contributed by atoms with van der Waals surface area (Å²) in [5, 5.41) is 4.00. The Morgan fingerprint density at radius 3 is 2.53 bits per heavy atom. The maximum absolute atomic E-state index is 6.26. The van der Waals surface area contributed by atoms with Gasteiger partial charge in [0.15, 0.2) is 0 Å². The van der Waals surface area contributed by atoms with Gasteiger partial charge < -0.3 is 5.32 Å². The van der Waals surface area contributed by atoms with Gasteiger partial charge in [0.2, 0.25) is 0 Å². The van der Waals surface area contributed by atoms with Gasteiger partial charge in [-0.2, -0.15) is 0 Å². The lowest BCUT2D eigenvalue weighted by atomic mass is 10.1. The van der Waals surface area contributed by atoms with Crippen molar-refractivity contribution in [2.24, 2.45) is 0 Å². The molecule has 0 radical (unpaired) electrons. The zero-order valence-corrected chi connectivity index (χ0v) is 12.9. The van der Waals surface area contributed by atoms with E-state index in [0.29, 0.717) is 0 Å². The molecular weight excluding hydrogens is 341 g/mol. The first-order valence-electron chi connectivity index (χ1n) is 4.99. The van der Waals surface area contributed by atoms with Gasteiger partial charge in [0.25, 0.3) is 0 Å². The van der Waals surface area contributed by atoms with E-state index in [9.17, 15) is 0 Å². The van der Waals surface area contributed by atoms with Crippen LogP contribution in [0.3, 0.4) is 0 Å². The molecule has 17 heavy (non-hydrogen) atoms. The summed E-state index contributed by atoms with van der Waals surface area (Å²) < 4.78 is 1.76. The van der Waals surface area contributed by atoms with Crippen molar-refractivity contribution >= 4 is 50.5 Å². The SMILES string of the molecule is CNC(c1ccc(Cl)s1)c1ccc(Br)cc1Cl. The van der Waals surface area contributed by atoms with Crippen LogP contribution in [0.25, 0.3) is 0 Å². The molecule has 90 valence electrons. The minimum absolute atomic E-state index is 0.0769. The highest BCUT2D eigenvalue weighted by molar-refractivity contribution is 9.10. The first-order valence-corrected chi connectivity index (χ1v) is 7.36. The number of nitrogens with one attached hydrogen (secondary N) is 1. The summed E-state index contributed by atoms with van der Waals surface area (Å²) in [6.07, 6.45) is 0. The van der Waals surface area contributed by atoms with E-state index in [4.69, 9.17) is 23.2 Å². The maximum Gasteiger partial charge on any atom is 0.0931 e. The molecule has 1 atom stereocenters. The van der Waals surface area contributed by atoms with E-state index in [1.807, 2.05) is 37.4 Å². The number of thiophene rings is 1. The molecular formula is C12H10BrCl2NS. The van der Waals surface area contributed by atoms with Gasteiger partial charge in [-0.1, -0.05) is 45.2 Å². The smallest absolute Gasteiger partial charge is 0.0931 e. The lowest BCUT2D eigenvalue weighted by Gasteiger charge is -2.16. The van der Waals surface area contributed by atoms with Gasteiger partial charge in [-0.3, -0.25) is 0 Å². The molecule has 0 aliphatic carbocycles. The Hall–Kier alpha value is -0.0600. The van der Waals surface area contributed by atoms with E-state index in [1.54, 1.807) is 11.3 Å². The average Bonchev–Trinajstić information content (AvgIpc) is 2.69. The summed E-state index contributed by atoms with van der Waals surface area (Å²) in [4.78, 5) is 1.15. The molecule has 1 unspecified atom stereocenters. The highest BCUT2D eigenvalue weighted by Gasteiger charge is 2.17. The molecule has 1 heterocycles. The summed E-state index contributed by atoms with van der Waals surface area (Å²) in [5.74, 6) is 0. The van der Waals surface area contributed by atoms with Gasteiger partial charge >= 0.3 is 0 Å². The van der Waals surface area contributed by atoms with Crippen molar-refractivity contribution in [1.29, 1.82) is 0 Å². The second-order valence-corrected chi connectivity index (χ2v) is 6.60. The Bertz CT molecular complexity index is 527. The van der Waals surface area contributed by atoms with Crippen LogP contribution in [0.4, 0.5) is 0 Å². The van der Waals surface area contributed by atoms with Crippen LogP contribution >= 0.6 is 50.5 Å². The predicted molar refractivity (Wildman–Crippen MR) is 79.4 cm³/mol. The Kier molecular flexibility index (Phi) is 4.50. The zero-order valence-electron chi connectivity index (χ0n) is 9.01. The first kappa shape index (κ1) is 13.4. The Morgan fingerprint density at radius 1 is 1.24 bits per heavy atom. The van der Waals surface area contributed by atoms with Crippen molar-refractivity contribution in [2.75, 3.05) is 7.05 Å². The predicted octanol–water partition coefficient (Wildman–Crippen LogP) is 5.13. The third kappa shape index (κ3) is 3.04. The van der Waals surface area contributed by atoms with Gasteiger partial charge in [0, 0.05) is 14.4 Å². The molecule has 1 aromatic heterocycles. The van der Waals surface area contributed by atoms with E-state index in [0.717, 1.165) is 24.3 Å². The maximum atomic E-state index is 6.26. The first-order chi connectivity index (χ1) is 8.11. The van der Waals surface area contributed by atoms with Crippen LogP contribution in [0.1, 0.15) is 16.5 Å². The van der Waals surface area contributed by atoms with Crippen LogP contribution < -0.4 is 5.32 Å². The number of hydrogen-bond donors (Lipinski definition) is 1. The van der Waals surface area contributed by atoms with Crippen molar-refractivity contribution in [3.05, 3.63) is 54.6 Å².